The number of carbonyl (C=O) groups excluding carboxylic acids is 1. The topological polar surface area (TPSA) is 26.3 Å². The Morgan fingerprint density at radius 1 is 1.55 bits per heavy atom. The summed E-state index contributed by atoms with van der Waals surface area (Å²) in [5, 5.41) is 0. The fourth-order valence-electron chi connectivity index (χ4n) is 0.645. The third kappa shape index (κ3) is 6.66. The van der Waals surface area contributed by atoms with E-state index in [1.807, 2.05) is 6.92 Å². The minimum Gasteiger partial charge on any atom is -0.466 e. The standard InChI is InChI=1S/C6H12Cl2O2Si/c1-3-4-11(7,8)5-10-6(2)9/h3-5H2,1-2H3. The number of carbonyl (C=O) groups is 1. The lowest BCUT2D eigenvalue weighted by Gasteiger charge is -2.14. The molecule has 0 amide bonds. The monoisotopic (exact) mass is 214 g/mol. The summed E-state index contributed by atoms with van der Waals surface area (Å²) in [6.45, 7) is 1.09. The molecule has 0 radical (unpaired) electrons. The zero-order valence-electron chi connectivity index (χ0n) is 6.69. The number of rotatable bonds is 4. The number of esters is 1. The zero-order chi connectivity index (χ0) is 8.91. The average Bonchev–Trinajstić information content (AvgIpc) is 1.84. The minimum atomic E-state index is -2.26. The lowest BCUT2D eigenvalue weighted by Crippen LogP contribution is -2.27. The van der Waals surface area contributed by atoms with Crippen LogP contribution in [0.25, 0.3) is 0 Å². The Morgan fingerprint density at radius 3 is 2.45 bits per heavy atom. The molecule has 0 spiro atoms. The van der Waals surface area contributed by atoms with E-state index in [0.717, 1.165) is 12.5 Å². The second-order valence-corrected chi connectivity index (χ2v) is 9.81. The smallest absolute Gasteiger partial charge is 0.302 e. The van der Waals surface area contributed by atoms with Crippen molar-refractivity contribution < 1.29 is 9.53 Å². The van der Waals surface area contributed by atoms with Gasteiger partial charge in [-0.1, -0.05) is 13.3 Å². The Morgan fingerprint density at radius 2 is 2.09 bits per heavy atom. The van der Waals surface area contributed by atoms with Crippen LogP contribution in [0.4, 0.5) is 0 Å². The predicted octanol–water partition coefficient (Wildman–Crippen LogP) is 2.42. The first kappa shape index (κ1) is 11.3. The molecule has 0 fully saturated rings. The van der Waals surface area contributed by atoms with Gasteiger partial charge in [0.25, 0.3) is 6.69 Å². The normalized spacial score (nSPS) is 11.3. The van der Waals surface area contributed by atoms with Crippen molar-refractivity contribution in [2.24, 2.45) is 0 Å². The van der Waals surface area contributed by atoms with E-state index in [1.54, 1.807) is 0 Å². The van der Waals surface area contributed by atoms with Crippen molar-refractivity contribution in [3.05, 3.63) is 0 Å². The molecule has 0 heterocycles. The number of hydrogen-bond acceptors (Lipinski definition) is 2. The molecule has 0 rings (SSSR count). The summed E-state index contributed by atoms with van der Waals surface area (Å²) in [4.78, 5) is 10.4. The van der Waals surface area contributed by atoms with E-state index in [2.05, 4.69) is 0 Å². The van der Waals surface area contributed by atoms with Crippen LogP contribution in [-0.4, -0.2) is 18.9 Å². The second-order valence-electron chi connectivity index (χ2n) is 2.39. The van der Waals surface area contributed by atoms with Gasteiger partial charge in [0.1, 0.15) is 6.23 Å². The molecule has 0 aliphatic carbocycles. The summed E-state index contributed by atoms with van der Waals surface area (Å²) < 4.78 is 4.72. The van der Waals surface area contributed by atoms with E-state index in [1.165, 1.54) is 6.92 Å². The molecule has 0 unspecified atom stereocenters. The lowest BCUT2D eigenvalue weighted by atomic mass is 10.6. The lowest BCUT2D eigenvalue weighted by molar-refractivity contribution is -0.139. The maximum atomic E-state index is 10.4. The van der Waals surface area contributed by atoms with Gasteiger partial charge in [-0.3, -0.25) is 4.79 Å². The molecule has 0 saturated carbocycles. The van der Waals surface area contributed by atoms with Crippen LogP contribution in [0.1, 0.15) is 20.3 Å². The molecular formula is C6H12Cl2O2Si. The van der Waals surface area contributed by atoms with Gasteiger partial charge in [0.2, 0.25) is 0 Å². The highest BCUT2D eigenvalue weighted by Gasteiger charge is 2.28. The van der Waals surface area contributed by atoms with Gasteiger partial charge in [0, 0.05) is 6.92 Å². The molecular weight excluding hydrogens is 203 g/mol. The van der Waals surface area contributed by atoms with Crippen LogP contribution in [0.3, 0.4) is 0 Å². The number of hydrogen-bond donors (Lipinski definition) is 0. The van der Waals surface area contributed by atoms with Crippen molar-refractivity contribution in [2.75, 3.05) is 6.23 Å². The zero-order valence-corrected chi connectivity index (χ0v) is 9.21. The molecule has 0 bridgehead atoms. The molecule has 2 nitrogen and oxygen atoms in total. The van der Waals surface area contributed by atoms with E-state index in [-0.39, 0.29) is 12.2 Å². The van der Waals surface area contributed by atoms with Crippen LogP contribution in [0.5, 0.6) is 0 Å². The highest BCUT2D eigenvalue weighted by Crippen LogP contribution is 2.22. The summed E-state index contributed by atoms with van der Waals surface area (Å²) in [5.74, 6) is -0.320. The van der Waals surface area contributed by atoms with E-state index in [9.17, 15) is 4.79 Å². The molecule has 11 heavy (non-hydrogen) atoms. The van der Waals surface area contributed by atoms with E-state index < -0.39 is 6.69 Å². The van der Waals surface area contributed by atoms with Gasteiger partial charge in [-0.25, -0.2) is 0 Å². The van der Waals surface area contributed by atoms with Gasteiger partial charge in [-0.2, -0.15) is 0 Å². The summed E-state index contributed by atoms with van der Waals surface area (Å²) >= 11 is 11.8. The van der Waals surface area contributed by atoms with Gasteiger partial charge in [0.05, 0.1) is 0 Å². The van der Waals surface area contributed by atoms with E-state index >= 15 is 0 Å². The van der Waals surface area contributed by atoms with Crippen LogP contribution < -0.4 is 0 Å². The Balaban J connectivity index is 3.63. The average molecular weight is 215 g/mol. The van der Waals surface area contributed by atoms with E-state index in [4.69, 9.17) is 26.9 Å². The maximum Gasteiger partial charge on any atom is 0.302 e. The molecule has 5 heteroatoms. The van der Waals surface area contributed by atoms with Crippen molar-refractivity contribution in [1.29, 1.82) is 0 Å². The maximum absolute atomic E-state index is 10.4. The van der Waals surface area contributed by atoms with Crippen molar-refractivity contribution >= 4 is 34.8 Å². The molecule has 0 aliphatic heterocycles. The predicted molar refractivity (Wildman–Crippen MR) is 49.2 cm³/mol. The second kappa shape index (κ2) is 5.01. The quantitative estimate of drug-likeness (QED) is 0.409. The summed E-state index contributed by atoms with van der Waals surface area (Å²) in [6, 6.07) is 0.767. The fraction of sp³-hybridized carbons (Fsp3) is 0.833. The molecule has 0 aliphatic rings. The molecule has 0 aromatic heterocycles. The number of halogens is 2. The Labute approximate surface area is 77.2 Å². The third-order valence-corrected chi connectivity index (χ3v) is 4.69. The third-order valence-electron chi connectivity index (χ3n) is 1.10. The first-order valence-corrected chi connectivity index (χ1v) is 7.93. The van der Waals surface area contributed by atoms with Crippen LogP contribution in [0.2, 0.25) is 6.04 Å². The first-order valence-electron chi connectivity index (χ1n) is 3.49. The van der Waals surface area contributed by atoms with Gasteiger partial charge < -0.3 is 4.74 Å². The van der Waals surface area contributed by atoms with Crippen LogP contribution in [0, 0.1) is 0 Å². The Bertz CT molecular complexity index is 139. The Hall–Kier alpha value is 0.267. The van der Waals surface area contributed by atoms with Gasteiger partial charge in [0.15, 0.2) is 0 Å². The highest BCUT2D eigenvalue weighted by molar-refractivity contribution is 7.45. The van der Waals surface area contributed by atoms with Gasteiger partial charge >= 0.3 is 5.97 Å². The van der Waals surface area contributed by atoms with Crippen LogP contribution in [0.15, 0.2) is 0 Å². The van der Waals surface area contributed by atoms with Crippen LogP contribution in [-0.2, 0) is 9.53 Å². The van der Waals surface area contributed by atoms with Crippen molar-refractivity contribution in [2.45, 2.75) is 26.3 Å². The Kier molecular flexibility index (Phi) is 5.13. The molecule has 0 atom stereocenters. The SMILES string of the molecule is CCC[Si](Cl)(Cl)COC(C)=O. The van der Waals surface area contributed by atoms with Crippen LogP contribution >= 0.6 is 22.2 Å². The van der Waals surface area contributed by atoms with Crippen molar-refractivity contribution in [3.8, 4) is 0 Å². The fourth-order valence-corrected chi connectivity index (χ4v) is 3.40. The number of ether oxygens (including phenoxy) is 1. The molecule has 66 valence electrons. The largest absolute Gasteiger partial charge is 0.466 e. The van der Waals surface area contributed by atoms with E-state index in [0.29, 0.717) is 0 Å². The van der Waals surface area contributed by atoms with Gasteiger partial charge in [-0.05, 0) is 6.04 Å². The highest BCUT2D eigenvalue weighted by atomic mass is 35.7. The molecule has 0 aromatic rings. The van der Waals surface area contributed by atoms with Gasteiger partial charge in [-0.15, -0.1) is 22.2 Å². The summed E-state index contributed by atoms with van der Waals surface area (Å²) in [7, 11) is 0. The summed E-state index contributed by atoms with van der Waals surface area (Å²) in [5.41, 5.74) is 0. The summed E-state index contributed by atoms with van der Waals surface area (Å²) in [6.07, 6.45) is 1.14. The van der Waals surface area contributed by atoms with Crippen molar-refractivity contribution in [3.63, 3.8) is 0 Å². The minimum absolute atomic E-state index is 0.208. The molecule has 0 aromatic carbocycles. The molecule has 0 saturated heterocycles. The molecule has 0 N–H and O–H groups in total. The van der Waals surface area contributed by atoms with Crippen molar-refractivity contribution in [1.82, 2.24) is 0 Å². The first-order chi connectivity index (χ1) is 4.98.